The van der Waals surface area contributed by atoms with Gasteiger partial charge in [0.25, 0.3) is 5.91 Å². The van der Waals surface area contributed by atoms with E-state index in [-0.39, 0.29) is 24.0 Å². The van der Waals surface area contributed by atoms with E-state index >= 15 is 4.39 Å². The van der Waals surface area contributed by atoms with Crippen molar-refractivity contribution in [1.82, 2.24) is 25.0 Å². The number of aromatic nitrogens is 4. The predicted octanol–water partition coefficient (Wildman–Crippen LogP) is 4.92. The maximum absolute atomic E-state index is 15.1. The summed E-state index contributed by atoms with van der Waals surface area (Å²) in [6, 6.07) is 6.93. The van der Waals surface area contributed by atoms with Crippen LogP contribution in [0.15, 0.2) is 41.2 Å². The molecule has 4 aromatic rings. The van der Waals surface area contributed by atoms with Crippen molar-refractivity contribution in [2.24, 2.45) is 0 Å². The van der Waals surface area contributed by atoms with Gasteiger partial charge in [0.15, 0.2) is 5.82 Å². The Morgan fingerprint density at radius 1 is 1.18 bits per heavy atom. The molecular weight excluding hydrogens is 518 g/mol. The zero-order valence-corrected chi connectivity index (χ0v) is 22.8. The molecule has 5 rings (SSSR count). The average Bonchev–Trinajstić information content (AvgIpc) is 3.46. The molecule has 9 nitrogen and oxygen atoms in total. The lowest BCUT2D eigenvalue weighted by atomic mass is 9.96. The monoisotopic (exact) mass is 550 g/mol. The van der Waals surface area contributed by atoms with Crippen LogP contribution in [0.1, 0.15) is 67.0 Å². The number of benzene rings is 2. The van der Waals surface area contributed by atoms with Gasteiger partial charge in [0.05, 0.1) is 11.1 Å². The molecule has 1 fully saturated rings. The zero-order valence-electron chi connectivity index (χ0n) is 22.8. The van der Waals surface area contributed by atoms with Gasteiger partial charge < -0.3 is 19.4 Å². The van der Waals surface area contributed by atoms with Crippen LogP contribution in [0.5, 0.6) is 0 Å². The first-order chi connectivity index (χ1) is 19.3. The standard InChI is InChI=1S/C29H32F2N6O3/c1-17(2)26-34-28(40-35-26)18-7-10-37(11-8-18)27-23-15-20(30)14-22(25(23)32-16-33-27)19-5-6-21(24(31)13-19)29(39)36(3)9-4-12-38/h5-6,13-18,38H,4,7-12H2,1-3H3. The molecule has 0 radical (unpaired) electrons. The van der Waals surface area contributed by atoms with Crippen molar-refractivity contribution < 1.29 is 23.2 Å². The molecule has 0 spiro atoms. The van der Waals surface area contributed by atoms with E-state index in [0.717, 1.165) is 12.8 Å². The fourth-order valence-electron chi connectivity index (χ4n) is 5.05. The number of anilines is 1. The number of hydrogen-bond donors (Lipinski definition) is 1. The highest BCUT2D eigenvalue weighted by Crippen LogP contribution is 2.36. The second-order valence-electron chi connectivity index (χ2n) is 10.5. The summed E-state index contributed by atoms with van der Waals surface area (Å²) in [5.74, 6) is 0.586. The summed E-state index contributed by atoms with van der Waals surface area (Å²) in [5, 5.41) is 13.6. The fourth-order valence-corrected chi connectivity index (χ4v) is 5.05. The number of halogens is 2. The van der Waals surface area contributed by atoms with Crippen molar-refractivity contribution in [2.45, 2.75) is 44.9 Å². The Morgan fingerprint density at radius 2 is 1.95 bits per heavy atom. The molecule has 1 amide bonds. The molecule has 1 aliphatic heterocycles. The van der Waals surface area contributed by atoms with Gasteiger partial charge in [-0.05, 0) is 49.1 Å². The Morgan fingerprint density at radius 3 is 2.62 bits per heavy atom. The molecule has 1 aliphatic rings. The zero-order chi connectivity index (χ0) is 28.4. The van der Waals surface area contributed by atoms with E-state index in [1.165, 1.54) is 35.5 Å². The normalized spacial score (nSPS) is 14.3. The van der Waals surface area contributed by atoms with Gasteiger partial charge in [-0.3, -0.25) is 4.79 Å². The van der Waals surface area contributed by atoms with Crippen molar-refractivity contribution >= 4 is 22.6 Å². The third-order valence-electron chi connectivity index (χ3n) is 7.31. The van der Waals surface area contributed by atoms with E-state index in [2.05, 4.69) is 25.0 Å². The number of aliphatic hydroxyl groups excluding tert-OH is 1. The van der Waals surface area contributed by atoms with E-state index in [0.29, 0.717) is 65.6 Å². The number of amides is 1. The van der Waals surface area contributed by atoms with Crippen molar-refractivity contribution in [3.8, 4) is 11.1 Å². The van der Waals surface area contributed by atoms with Gasteiger partial charge >= 0.3 is 0 Å². The van der Waals surface area contributed by atoms with Gasteiger partial charge in [0.1, 0.15) is 23.8 Å². The maximum Gasteiger partial charge on any atom is 0.256 e. The summed E-state index contributed by atoms with van der Waals surface area (Å²) in [6.45, 7) is 5.61. The summed E-state index contributed by atoms with van der Waals surface area (Å²) in [7, 11) is 1.55. The van der Waals surface area contributed by atoms with Crippen LogP contribution in [0.4, 0.5) is 14.6 Å². The van der Waals surface area contributed by atoms with Crippen LogP contribution in [-0.4, -0.2) is 69.3 Å². The SMILES string of the molecule is CC(C)c1noc(C2CCN(c3ncnc4c(-c5ccc(C(=O)N(C)CCCO)c(F)c5)cc(F)cc34)CC2)n1. The molecule has 1 N–H and O–H groups in total. The molecule has 2 aromatic heterocycles. The largest absolute Gasteiger partial charge is 0.396 e. The van der Waals surface area contributed by atoms with Crippen LogP contribution in [0.3, 0.4) is 0 Å². The van der Waals surface area contributed by atoms with E-state index in [4.69, 9.17) is 9.63 Å². The molecule has 0 saturated carbocycles. The minimum atomic E-state index is -0.714. The minimum absolute atomic E-state index is 0.0641. The van der Waals surface area contributed by atoms with Crippen molar-refractivity contribution in [2.75, 3.05) is 38.2 Å². The Bertz CT molecular complexity index is 1520. The Balaban J connectivity index is 1.41. The number of carbonyl (C=O) groups excluding carboxylic acids is 1. The molecule has 0 unspecified atom stereocenters. The first-order valence-corrected chi connectivity index (χ1v) is 13.5. The molecule has 40 heavy (non-hydrogen) atoms. The highest BCUT2D eigenvalue weighted by atomic mass is 19.1. The van der Waals surface area contributed by atoms with Crippen molar-refractivity contribution in [3.05, 3.63) is 65.6 Å². The van der Waals surface area contributed by atoms with Crippen LogP contribution >= 0.6 is 0 Å². The van der Waals surface area contributed by atoms with Gasteiger partial charge in [-0.25, -0.2) is 18.7 Å². The van der Waals surface area contributed by atoms with E-state index in [1.807, 2.05) is 13.8 Å². The Kier molecular flexibility index (Phi) is 8.02. The number of piperidine rings is 1. The van der Waals surface area contributed by atoms with Crippen LogP contribution in [0, 0.1) is 11.6 Å². The highest BCUT2D eigenvalue weighted by molar-refractivity contribution is 6.00. The van der Waals surface area contributed by atoms with E-state index in [1.54, 1.807) is 13.1 Å². The first kappa shape index (κ1) is 27.6. The van der Waals surface area contributed by atoms with Crippen molar-refractivity contribution in [3.63, 3.8) is 0 Å². The smallest absolute Gasteiger partial charge is 0.256 e. The molecule has 210 valence electrons. The number of hydrogen-bond acceptors (Lipinski definition) is 8. The van der Waals surface area contributed by atoms with E-state index < -0.39 is 17.5 Å². The molecule has 2 aromatic carbocycles. The summed E-state index contributed by atoms with van der Waals surface area (Å²) in [5.41, 5.74) is 1.21. The number of carbonyl (C=O) groups is 1. The van der Waals surface area contributed by atoms with Crippen molar-refractivity contribution in [1.29, 1.82) is 0 Å². The van der Waals surface area contributed by atoms with E-state index in [9.17, 15) is 9.18 Å². The number of aliphatic hydroxyl groups is 1. The third kappa shape index (κ3) is 5.51. The summed E-state index contributed by atoms with van der Waals surface area (Å²) in [4.78, 5) is 29.6. The molecule has 1 saturated heterocycles. The molecule has 11 heteroatoms. The Labute approximate surface area is 230 Å². The van der Waals surface area contributed by atoms with Crippen LogP contribution < -0.4 is 4.90 Å². The van der Waals surface area contributed by atoms with Crippen LogP contribution in [0.2, 0.25) is 0 Å². The predicted molar refractivity (Wildman–Crippen MR) is 146 cm³/mol. The van der Waals surface area contributed by atoms with Crippen LogP contribution in [-0.2, 0) is 0 Å². The maximum atomic E-state index is 15.1. The molecule has 3 heterocycles. The van der Waals surface area contributed by atoms with Gasteiger partial charge in [-0.15, -0.1) is 0 Å². The summed E-state index contributed by atoms with van der Waals surface area (Å²) in [6.07, 6.45) is 3.39. The molecular formula is C29H32F2N6O3. The number of rotatable bonds is 8. The van der Waals surface area contributed by atoms with Gasteiger partial charge in [-0.1, -0.05) is 25.1 Å². The Hall–Kier alpha value is -3.99. The summed E-state index contributed by atoms with van der Waals surface area (Å²) >= 11 is 0. The van der Waals surface area contributed by atoms with Gasteiger partial charge in [0, 0.05) is 56.1 Å². The van der Waals surface area contributed by atoms with Crippen LogP contribution in [0.25, 0.3) is 22.0 Å². The molecule has 0 atom stereocenters. The lowest BCUT2D eigenvalue weighted by molar-refractivity contribution is 0.0781. The lowest BCUT2D eigenvalue weighted by Crippen LogP contribution is -2.33. The topological polar surface area (TPSA) is 108 Å². The summed E-state index contributed by atoms with van der Waals surface area (Å²) < 4.78 is 35.6. The molecule has 0 bridgehead atoms. The second kappa shape index (κ2) is 11.6. The highest BCUT2D eigenvalue weighted by Gasteiger charge is 2.28. The van der Waals surface area contributed by atoms with Gasteiger partial charge in [0.2, 0.25) is 5.89 Å². The minimum Gasteiger partial charge on any atom is -0.396 e. The fraction of sp³-hybridized carbons (Fsp3) is 0.414. The third-order valence-corrected chi connectivity index (χ3v) is 7.31. The number of fused-ring (bicyclic) bond motifs is 1. The van der Waals surface area contributed by atoms with Gasteiger partial charge in [-0.2, -0.15) is 4.98 Å². The average molecular weight is 551 g/mol. The quantitative estimate of drug-likeness (QED) is 0.329. The second-order valence-corrected chi connectivity index (χ2v) is 10.5. The lowest BCUT2D eigenvalue weighted by Gasteiger charge is -2.32. The molecule has 0 aliphatic carbocycles. The number of nitrogens with zero attached hydrogens (tertiary/aromatic N) is 6. The first-order valence-electron chi connectivity index (χ1n) is 13.5.